The predicted molar refractivity (Wildman–Crippen MR) is 230 cm³/mol. The van der Waals surface area contributed by atoms with Crippen LogP contribution in [0.5, 0.6) is 0 Å². The number of aromatic amines is 2. The fraction of sp³-hybridized carbons (Fsp3) is 0.409. The van der Waals surface area contributed by atoms with Gasteiger partial charge in [0.25, 0.3) is 10.1 Å². The highest BCUT2D eigenvalue weighted by atomic mass is 35.5. The van der Waals surface area contributed by atoms with Crippen LogP contribution < -0.4 is 11.4 Å². The lowest BCUT2D eigenvalue weighted by Crippen LogP contribution is -2.43. The molecule has 2 aromatic heterocycles. The Hall–Kier alpha value is -4.50. The van der Waals surface area contributed by atoms with Gasteiger partial charge in [-0.2, -0.15) is 8.42 Å². The third-order valence-corrected chi connectivity index (χ3v) is 12.0. The van der Waals surface area contributed by atoms with Crippen molar-refractivity contribution in [2.75, 3.05) is 32.9 Å². The number of fused-ring (bicyclic) bond motifs is 4. The van der Waals surface area contributed by atoms with Crippen molar-refractivity contribution in [3.8, 4) is 0 Å². The van der Waals surface area contributed by atoms with E-state index in [0.717, 1.165) is 61.0 Å². The molecule has 3 atom stereocenters. The minimum atomic E-state index is -3.67. The van der Waals surface area contributed by atoms with E-state index in [1.165, 1.54) is 36.8 Å². The van der Waals surface area contributed by atoms with E-state index >= 15 is 0 Å². The van der Waals surface area contributed by atoms with Crippen molar-refractivity contribution in [1.82, 2.24) is 28.9 Å². The van der Waals surface area contributed by atoms with Crippen LogP contribution in [0, 0.1) is 0 Å². The summed E-state index contributed by atoms with van der Waals surface area (Å²) in [5.74, 6) is 0. The van der Waals surface area contributed by atoms with Crippen LogP contribution in [0.25, 0.3) is 22.1 Å². The van der Waals surface area contributed by atoms with E-state index in [0.29, 0.717) is 36.0 Å². The largest absolute Gasteiger partial charge is 0.365 e. The summed E-state index contributed by atoms with van der Waals surface area (Å²) in [4.78, 5) is 35.5. The molecule has 14 heteroatoms. The summed E-state index contributed by atoms with van der Waals surface area (Å²) >= 11 is 6.05. The summed E-state index contributed by atoms with van der Waals surface area (Å²) in [6.07, 6.45) is 8.92. The predicted octanol–water partition coefficient (Wildman–Crippen LogP) is 7.28. The zero-order chi connectivity index (χ0) is 40.8. The number of aromatic nitrogens is 4. The molecule has 6 aromatic rings. The summed E-state index contributed by atoms with van der Waals surface area (Å²) in [5, 5.41) is 0.625. The molecule has 0 spiro atoms. The number of hydrogen-bond acceptors (Lipinski definition) is 7. The van der Waals surface area contributed by atoms with Gasteiger partial charge in [0.15, 0.2) is 0 Å². The molecule has 0 amide bonds. The molecule has 0 aliphatic carbocycles. The molecular weight excluding hydrogens is 776 g/mol. The zero-order valence-corrected chi connectivity index (χ0v) is 34.6. The average molecular weight is 829 g/mol. The molecule has 58 heavy (non-hydrogen) atoms. The maximum absolute atomic E-state index is 12.5. The molecule has 3 N–H and O–H groups in total. The third kappa shape index (κ3) is 10.4. The van der Waals surface area contributed by atoms with Crippen LogP contribution in [0.3, 0.4) is 0 Å². The van der Waals surface area contributed by atoms with E-state index in [1.54, 1.807) is 6.07 Å². The number of nitrogens with zero attached hydrogens (tertiary/aromatic N) is 4. The van der Waals surface area contributed by atoms with Crippen LogP contribution in [-0.2, 0) is 21.4 Å². The van der Waals surface area contributed by atoms with Gasteiger partial charge in [-0.15, -0.1) is 0 Å². The highest BCUT2D eigenvalue weighted by molar-refractivity contribution is 7.85. The van der Waals surface area contributed by atoms with Crippen molar-refractivity contribution in [1.29, 1.82) is 0 Å². The van der Waals surface area contributed by atoms with Crippen molar-refractivity contribution >= 4 is 43.8 Å². The first-order chi connectivity index (χ1) is 27.9. The number of hydrogen-bond donors (Lipinski definition) is 3. The van der Waals surface area contributed by atoms with Gasteiger partial charge in [-0.3, -0.25) is 13.7 Å². The minimum absolute atomic E-state index is 0.0465. The third-order valence-electron chi connectivity index (χ3n) is 11.7. The van der Waals surface area contributed by atoms with Crippen molar-refractivity contribution < 1.29 is 17.7 Å². The van der Waals surface area contributed by atoms with Crippen LogP contribution >= 0.6 is 11.6 Å². The van der Waals surface area contributed by atoms with Gasteiger partial charge in [0.05, 0.1) is 34.4 Å². The van der Waals surface area contributed by atoms with E-state index in [2.05, 4.69) is 87.5 Å². The number of imidazole rings is 2. The van der Waals surface area contributed by atoms with E-state index in [9.17, 15) is 18.0 Å². The Balaban J connectivity index is 0.000000163. The molecule has 308 valence electrons. The maximum atomic E-state index is 12.5. The Morgan fingerprint density at radius 3 is 1.93 bits per heavy atom. The first kappa shape index (κ1) is 41.7. The molecule has 2 bridgehead atoms. The molecule has 9 rings (SSSR count). The Kier molecular flexibility index (Phi) is 13.4. The zero-order valence-electron chi connectivity index (χ0n) is 33.0. The fourth-order valence-electron chi connectivity index (χ4n) is 8.92. The van der Waals surface area contributed by atoms with E-state index in [4.69, 9.17) is 20.9 Å². The molecule has 0 unspecified atom stereocenters. The first-order valence-corrected chi connectivity index (χ1v) is 22.3. The highest BCUT2D eigenvalue weighted by Crippen LogP contribution is 2.38. The van der Waals surface area contributed by atoms with Gasteiger partial charge in [0.1, 0.15) is 6.10 Å². The van der Waals surface area contributed by atoms with E-state index in [1.807, 2.05) is 45.5 Å². The smallest absolute Gasteiger partial charge is 0.326 e. The molecule has 3 saturated heterocycles. The lowest BCUT2D eigenvalue weighted by atomic mass is 9.97. The van der Waals surface area contributed by atoms with Gasteiger partial charge in [0.2, 0.25) is 0 Å². The summed E-state index contributed by atoms with van der Waals surface area (Å²) in [6.45, 7) is 3.53. The van der Waals surface area contributed by atoms with Crippen molar-refractivity contribution in [2.45, 2.75) is 81.8 Å². The molecule has 0 saturated carbocycles. The minimum Gasteiger partial charge on any atom is -0.365 e. The van der Waals surface area contributed by atoms with Gasteiger partial charge in [0, 0.05) is 42.8 Å². The quantitative estimate of drug-likeness (QED) is 0.129. The molecule has 4 aromatic carbocycles. The molecular formula is C44H53ClN6O6S. The second-order valence-electron chi connectivity index (χ2n) is 15.7. The van der Waals surface area contributed by atoms with E-state index < -0.39 is 10.1 Å². The maximum Gasteiger partial charge on any atom is 0.326 e. The number of rotatable bonds is 9. The Bertz CT molecular complexity index is 2430. The van der Waals surface area contributed by atoms with Crippen LogP contribution in [0.2, 0.25) is 5.02 Å². The first-order valence-electron chi connectivity index (χ1n) is 20.1. The number of aryl methyl sites for hydroxylation is 1. The highest BCUT2D eigenvalue weighted by Gasteiger charge is 2.39. The summed E-state index contributed by atoms with van der Waals surface area (Å²) < 4.78 is 36.2. The summed E-state index contributed by atoms with van der Waals surface area (Å²) in [7, 11) is -1.38. The second-order valence-corrected chi connectivity index (χ2v) is 17.6. The molecule has 3 aliphatic rings. The standard InChI is InChI=1S/C22H24ClN5O2.C21H25NO.CH4O3S/c23-15-6-7-20-18(14-15)25-22(30)28(20)16-8-12-26(13-9-16)10-3-11-27-19-5-2-1-4-17(19)24-21(27)29;1-22-18-12-13-19(22)15-20(14-18)23-21(16-8-4-2-5-9-16)17-10-6-3-7-11-17;1-5(2,3)4/h1-2,4-7,14,16H,3,8-13H2,(H,24,29)(H,25,30);2-11,18-21H,12-15H2,1H3;1H3,(H,2,3,4)/t;18-,19+,20+;. The van der Waals surface area contributed by atoms with Crippen LogP contribution in [0.4, 0.5) is 0 Å². The lowest BCUT2D eigenvalue weighted by Gasteiger charge is -2.38. The fourth-order valence-corrected chi connectivity index (χ4v) is 9.09. The molecule has 0 radical (unpaired) electrons. The van der Waals surface area contributed by atoms with Gasteiger partial charge < -0.3 is 24.5 Å². The molecule has 3 aliphatic heterocycles. The average Bonchev–Trinajstić information content (AvgIpc) is 3.77. The topological polar surface area (TPSA) is 146 Å². The molecule has 3 fully saturated rings. The number of benzene rings is 4. The summed E-state index contributed by atoms with van der Waals surface area (Å²) in [6, 6.07) is 36.2. The van der Waals surface area contributed by atoms with Gasteiger partial charge in [-0.25, -0.2) is 9.59 Å². The Morgan fingerprint density at radius 2 is 1.31 bits per heavy atom. The normalized spacial score (nSPS) is 20.2. The van der Waals surface area contributed by atoms with Crippen molar-refractivity contribution in [3.05, 3.63) is 140 Å². The number of H-pyrrole nitrogens is 2. The number of halogens is 1. The van der Waals surface area contributed by atoms with E-state index in [-0.39, 0.29) is 23.5 Å². The Labute approximate surface area is 344 Å². The number of piperidine rings is 2. The number of ether oxygens (including phenoxy) is 1. The lowest BCUT2D eigenvalue weighted by molar-refractivity contribution is -0.0426. The number of nitrogens with one attached hydrogen (secondary N) is 2. The van der Waals surface area contributed by atoms with Gasteiger partial charge in [-0.05, 0) is 100.0 Å². The van der Waals surface area contributed by atoms with Gasteiger partial charge >= 0.3 is 11.4 Å². The summed E-state index contributed by atoms with van der Waals surface area (Å²) in [5.41, 5.74) is 5.95. The second kappa shape index (κ2) is 18.6. The SMILES string of the molecule is CN1[C@@H]2CC[C@H]1C[C@@H](OC(c1ccccc1)c1ccccc1)C2.CS(=O)(=O)O.O=c1[nH]c2ccccc2n1CCCN1CCC(n2c(=O)[nH]c3cc(Cl)ccc32)CC1. The number of para-hydroxylation sites is 2. The van der Waals surface area contributed by atoms with Crippen molar-refractivity contribution in [3.63, 3.8) is 0 Å². The van der Waals surface area contributed by atoms with Crippen LogP contribution in [-0.4, -0.2) is 93.0 Å². The van der Waals surface area contributed by atoms with Crippen LogP contribution in [0.1, 0.15) is 68.2 Å². The van der Waals surface area contributed by atoms with Crippen LogP contribution in [0.15, 0.2) is 113 Å². The van der Waals surface area contributed by atoms with Crippen molar-refractivity contribution in [2.24, 2.45) is 0 Å². The van der Waals surface area contributed by atoms with Gasteiger partial charge in [-0.1, -0.05) is 84.4 Å². The Morgan fingerprint density at radius 1 is 0.741 bits per heavy atom. The monoisotopic (exact) mass is 828 g/mol. The molecule has 12 nitrogen and oxygen atoms in total. The number of likely N-dealkylation sites (tertiary alicyclic amines) is 1. The molecule has 5 heterocycles.